The summed E-state index contributed by atoms with van der Waals surface area (Å²) in [4.78, 5) is 21.4. The average molecular weight is 341 g/mol. The lowest BCUT2D eigenvalue weighted by Crippen LogP contribution is -2.48. The number of fused-ring (bicyclic) bond motifs is 1. The van der Waals surface area contributed by atoms with Gasteiger partial charge in [0, 0.05) is 32.0 Å². The first-order valence-corrected chi connectivity index (χ1v) is 8.83. The van der Waals surface area contributed by atoms with Crippen molar-refractivity contribution in [3.63, 3.8) is 0 Å². The molecule has 1 amide bonds. The summed E-state index contributed by atoms with van der Waals surface area (Å²) in [7, 11) is 0. The molecule has 0 N–H and O–H groups in total. The minimum atomic E-state index is -0.0491. The number of ether oxygens (including phenoxy) is 1. The zero-order valence-corrected chi connectivity index (χ0v) is 14.2. The van der Waals surface area contributed by atoms with Crippen LogP contribution in [0.1, 0.15) is 17.7 Å². The third-order valence-electron chi connectivity index (χ3n) is 5.02. The van der Waals surface area contributed by atoms with Crippen LogP contribution in [-0.2, 0) is 22.6 Å². The van der Waals surface area contributed by atoms with Crippen LogP contribution in [0.3, 0.4) is 0 Å². The van der Waals surface area contributed by atoms with Crippen LogP contribution in [0.15, 0.2) is 47.3 Å². The number of rotatable bonds is 4. The fraction of sp³-hybridized carbons (Fsp3) is 0.474. The van der Waals surface area contributed by atoms with Gasteiger partial charge in [-0.15, -0.1) is 0 Å². The molecule has 2 saturated heterocycles. The Hall–Kier alpha value is -2.18. The molecule has 0 spiro atoms. The van der Waals surface area contributed by atoms with Crippen LogP contribution in [-0.4, -0.2) is 53.0 Å². The van der Waals surface area contributed by atoms with Crippen molar-refractivity contribution in [2.45, 2.75) is 25.6 Å². The molecule has 0 aliphatic carbocycles. The predicted octanol–water partition coefficient (Wildman–Crippen LogP) is 1.92. The van der Waals surface area contributed by atoms with Crippen molar-refractivity contribution in [2.24, 2.45) is 5.92 Å². The van der Waals surface area contributed by atoms with Crippen LogP contribution in [0.5, 0.6) is 0 Å². The van der Waals surface area contributed by atoms with Gasteiger partial charge < -0.3 is 14.1 Å². The van der Waals surface area contributed by atoms with E-state index >= 15 is 0 Å². The van der Waals surface area contributed by atoms with Gasteiger partial charge in [-0.1, -0.05) is 6.07 Å². The van der Waals surface area contributed by atoms with Gasteiger partial charge in [0.1, 0.15) is 5.76 Å². The number of amides is 1. The molecule has 6 nitrogen and oxygen atoms in total. The van der Waals surface area contributed by atoms with Crippen LogP contribution in [0.25, 0.3) is 0 Å². The normalized spacial score (nSPS) is 24.8. The van der Waals surface area contributed by atoms with Crippen molar-refractivity contribution in [3.8, 4) is 0 Å². The lowest BCUT2D eigenvalue weighted by atomic mass is 9.92. The van der Waals surface area contributed by atoms with Gasteiger partial charge in [0.2, 0.25) is 5.91 Å². The minimum absolute atomic E-state index is 0.0323. The van der Waals surface area contributed by atoms with E-state index in [9.17, 15) is 4.79 Å². The Kier molecular flexibility index (Phi) is 4.81. The summed E-state index contributed by atoms with van der Waals surface area (Å²) in [5.41, 5.74) is 1.06. The topological polar surface area (TPSA) is 58.8 Å². The molecule has 4 heterocycles. The fourth-order valence-corrected chi connectivity index (χ4v) is 3.73. The van der Waals surface area contributed by atoms with E-state index in [2.05, 4.69) is 9.88 Å². The molecule has 6 heteroatoms. The summed E-state index contributed by atoms with van der Waals surface area (Å²) < 4.78 is 11.5. The first-order valence-electron chi connectivity index (χ1n) is 8.83. The van der Waals surface area contributed by atoms with Gasteiger partial charge >= 0.3 is 0 Å². The molecule has 2 fully saturated rings. The van der Waals surface area contributed by atoms with Gasteiger partial charge in [0.15, 0.2) is 0 Å². The summed E-state index contributed by atoms with van der Waals surface area (Å²) in [5, 5.41) is 0. The molecule has 0 unspecified atom stereocenters. The van der Waals surface area contributed by atoms with Crippen molar-refractivity contribution in [2.75, 3.05) is 26.2 Å². The maximum Gasteiger partial charge on any atom is 0.228 e. The minimum Gasteiger partial charge on any atom is -0.468 e. The molecule has 25 heavy (non-hydrogen) atoms. The third-order valence-corrected chi connectivity index (χ3v) is 5.02. The molecular weight excluding hydrogens is 318 g/mol. The molecule has 0 saturated carbocycles. The van der Waals surface area contributed by atoms with Gasteiger partial charge in [0.05, 0.1) is 31.4 Å². The Morgan fingerprint density at radius 2 is 2.16 bits per heavy atom. The van der Waals surface area contributed by atoms with E-state index in [0.29, 0.717) is 19.7 Å². The Morgan fingerprint density at radius 1 is 1.20 bits per heavy atom. The maximum absolute atomic E-state index is 13.0. The monoisotopic (exact) mass is 341 g/mol. The number of furan rings is 1. The largest absolute Gasteiger partial charge is 0.468 e. The van der Waals surface area contributed by atoms with Crippen LogP contribution in [0.2, 0.25) is 0 Å². The van der Waals surface area contributed by atoms with Gasteiger partial charge in [-0.05, 0) is 36.7 Å². The van der Waals surface area contributed by atoms with Crippen molar-refractivity contribution in [1.82, 2.24) is 14.8 Å². The second-order valence-electron chi connectivity index (χ2n) is 6.74. The first-order chi connectivity index (χ1) is 12.3. The molecule has 2 aromatic rings. The van der Waals surface area contributed by atoms with Crippen LogP contribution < -0.4 is 0 Å². The summed E-state index contributed by atoms with van der Waals surface area (Å²) >= 11 is 0. The highest BCUT2D eigenvalue weighted by molar-refractivity contribution is 5.80. The molecular formula is C19H23N3O3. The standard InChI is InChI=1S/C19H23N3O3/c23-19-17-5-7-21(13-16-4-2-9-24-16)14-18(17)25-10-8-22(19)12-15-3-1-6-20-11-15/h1-4,6,9,11,17-18H,5,7-8,10,12-14H2/t17-,18+/m1/s1. The highest BCUT2D eigenvalue weighted by atomic mass is 16.5. The van der Waals surface area contributed by atoms with Crippen LogP contribution >= 0.6 is 0 Å². The van der Waals surface area contributed by atoms with Crippen molar-refractivity contribution in [1.29, 1.82) is 0 Å². The summed E-state index contributed by atoms with van der Waals surface area (Å²) in [6, 6.07) is 7.81. The smallest absolute Gasteiger partial charge is 0.228 e. The average Bonchev–Trinajstić information content (AvgIpc) is 3.09. The Morgan fingerprint density at radius 3 is 2.96 bits per heavy atom. The molecule has 2 aromatic heterocycles. The first kappa shape index (κ1) is 16.3. The number of hydrogen-bond acceptors (Lipinski definition) is 5. The van der Waals surface area contributed by atoms with E-state index in [0.717, 1.165) is 37.4 Å². The molecule has 132 valence electrons. The van der Waals surface area contributed by atoms with E-state index in [1.807, 2.05) is 35.4 Å². The quantitative estimate of drug-likeness (QED) is 0.850. The fourth-order valence-electron chi connectivity index (χ4n) is 3.73. The molecule has 2 aliphatic rings. The Bertz CT molecular complexity index is 689. The van der Waals surface area contributed by atoms with Gasteiger partial charge in [-0.2, -0.15) is 0 Å². The molecule has 0 bridgehead atoms. The zero-order chi connectivity index (χ0) is 17.1. The number of carbonyl (C=O) groups excluding carboxylic acids is 1. The van der Waals surface area contributed by atoms with Crippen LogP contribution in [0.4, 0.5) is 0 Å². The Balaban J connectivity index is 1.40. The number of pyridine rings is 1. The summed E-state index contributed by atoms with van der Waals surface area (Å²) in [6.07, 6.45) is 6.07. The van der Waals surface area contributed by atoms with Gasteiger partial charge in [0.25, 0.3) is 0 Å². The second-order valence-corrected chi connectivity index (χ2v) is 6.74. The van der Waals surface area contributed by atoms with Crippen molar-refractivity contribution in [3.05, 3.63) is 54.2 Å². The highest BCUT2D eigenvalue weighted by Gasteiger charge is 2.39. The molecule has 0 aromatic carbocycles. The number of piperidine rings is 1. The van der Waals surface area contributed by atoms with Crippen molar-refractivity contribution >= 4 is 5.91 Å². The van der Waals surface area contributed by atoms with E-state index in [1.165, 1.54) is 0 Å². The van der Waals surface area contributed by atoms with E-state index in [1.54, 1.807) is 12.5 Å². The highest BCUT2D eigenvalue weighted by Crippen LogP contribution is 2.27. The maximum atomic E-state index is 13.0. The van der Waals surface area contributed by atoms with Gasteiger partial charge in [-0.3, -0.25) is 14.7 Å². The molecule has 2 atom stereocenters. The molecule has 0 radical (unpaired) electrons. The van der Waals surface area contributed by atoms with Crippen molar-refractivity contribution < 1.29 is 13.9 Å². The second kappa shape index (κ2) is 7.37. The number of aromatic nitrogens is 1. The predicted molar refractivity (Wildman–Crippen MR) is 91.5 cm³/mol. The Labute approximate surface area is 147 Å². The molecule has 4 rings (SSSR count). The lowest BCUT2D eigenvalue weighted by molar-refractivity contribution is -0.139. The number of likely N-dealkylation sites (tertiary alicyclic amines) is 1. The van der Waals surface area contributed by atoms with E-state index in [-0.39, 0.29) is 17.9 Å². The summed E-state index contributed by atoms with van der Waals surface area (Å²) in [5.74, 6) is 1.12. The number of carbonyl (C=O) groups is 1. The third kappa shape index (κ3) is 3.75. The number of hydrogen-bond donors (Lipinski definition) is 0. The van der Waals surface area contributed by atoms with Gasteiger partial charge in [-0.25, -0.2) is 0 Å². The SMILES string of the molecule is O=C1[C@@H]2CCN(Cc3ccco3)C[C@@H]2OCCN1Cc1cccnc1. The van der Waals surface area contributed by atoms with E-state index < -0.39 is 0 Å². The zero-order valence-electron chi connectivity index (χ0n) is 14.2. The number of nitrogens with zero attached hydrogens (tertiary/aromatic N) is 3. The van der Waals surface area contributed by atoms with Crippen LogP contribution in [0, 0.1) is 5.92 Å². The molecule has 2 aliphatic heterocycles. The summed E-state index contributed by atoms with van der Waals surface area (Å²) in [6.45, 7) is 4.26. The lowest BCUT2D eigenvalue weighted by Gasteiger charge is -2.36. The van der Waals surface area contributed by atoms with E-state index in [4.69, 9.17) is 9.15 Å².